The van der Waals surface area contributed by atoms with E-state index in [-0.39, 0.29) is 11.6 Å². The number of aryl methyl sites for hydroxylation is 1. The van der Waals surface area contributed by atoms with Gasteiger partial charge in [0.1, 0.15) is 0 Å². The minimum atomic E-state index is -0.104. The highest BCUT2D eigenvalue weighted by Crippen LogP contribution is 2.28. The largest absolute Gasteiger partial charge is 0.358 e. The van der Waals surface area contributed by atoms with Crippen LogP contribution >= 0.6 is 11.3 Å². The molecule has 1 aliphatic heterocycles. The van der Waals surface area contributed by atoms with E-state index in [1.54, 1.807) is 6.07 Å². The average molecular weight is 412 g/mol. The summed E-state index contributed by atoms with van der Waals surface area (Å²) in [6.45, 7) is 7.42. The molecule has 0 amide bonds. The fourth-order valence-electron chi connectivity index (χ4n) is 3.97. The number of fused-ring (bicyclic) bond motifs is 1. The number of piperidine rings is 1. The number of anilines is 1. The molecule has 154 valence electrons. The topological polar surface area (TPSA) is 62.5 Å². The van der Waals surface area contributed by atoms with E-state index in [0.717, 1.165) is 49.2 Å². The zero-order chi connectivity index (χ0) is 20.2. The molecule has 0 saturated carbocycles. The maximum atomic E-state index is 12.4. The van der Waals surface area contributed by atoms with Crippen LogP contribution in [-0.2, 0) is 6.42 Å². The summed E-state index contributed by atoms with van der Waals surface area (Å²) in [6, 6.07) is 12.6. The molecule has 4 rings (SSSR count). The van der Waals surface area contributed by atoms with Crippen molar-refractivity contribution in [1.82, 2.24) is 19.5 Å². The summed E-state index contributed by atoms with van der Waals surface area (Å²) in [5, 5.41) is 8.70. The third-order valence-corrected chi connectivity index (χ3v) is 6.56. The molecule has 0 aliphatic carbocycles. The molecule has 1 atom stereocenters. The number of hydrogen-bond donors (Lipinski definition) is 1. The minimum absolute atomic E-state index is 0.104. The van der Waals surface area contributed by atoms with Crippen molar-refractivity contribution in [2.24, 2.45) is 5.92 Å². The number of rotatable bonds is 7. The number of aromatic nitrogens is 3. The van der Waals surface area contributed by atoms with Crippen LogP contribution in [0.5, 0.6) is 0 Å². The van der Waals surface area contributed by atoms with Crippen molar-refractivity contribution in [2.75, 3.05) is 25.0 Å². The first-order valence-electron chi connectivity index (χ1n) is 10.6. The Hall–Kier alpha value is -2.25. The lowest BCUT2D eigenvalue weighted by Crippen LogP contribution is -2.39. The Morgan fingerprint density at radius 3 is 2.72 bits per heavy atom. The van der Waals surface area contributed by atoms with Crippen molar-refractivity contribution in [1.29, 1.82) is 0 Å². The van der Waals surface area contributed by atoms with Crippen LogP contribution in [0.3, 0.4) is 0 Å². The summed E-state index contributed by atoms with van der Waals surface area (Å²) in [5.74, 6) is 0.801. The van der Waals surface area contributed by atoms with Gasteiger partial charge in [-0.15, -0.1) is 5.10 Å². The van der Waals surface area contributed by atoms with Gasteiger partial charge in [-0.2, -0.15) is 4.52 Å². The van der Waals surface area contributed by atoms with Gasteiger partial charge in [-0.25, -0.2) is 4.98 Å². The summed E-state index contributed by atoms with van der Waals surface area (Å²) >= 11 is 1.45. The van der Waals surface area contributed by atoms with E-state index < -0.39 is 0 Å². The second-order valence-corrected chi connectivity index (χ2v) is 8.92. The highest BCUT2D eigenvalue weighted by molar-refractivity contribution is 7.20. The Labute approximate surface area is 175 Å². The fourth-order valence-corrected chi connectivity index (χ4v) is 4.80. The first kappa shape index (κ1) is 20.0. The second-order valence-electron chi connectivity index (χ2n) is 7.96. The quantitative estimate of drug-likeness (QED) is 0.637. The number of nitrogens with one attached hydrogen (secondary N) is 1. The molecule has 1 aromatic carbocycles. The summed E-state index contributed by atoms with van der Waals surface area (Å²) in [6.07, 6.45) is 4.27. The van der Waals surface area contributed by atoms with Crippen molar-refractivity contribution in [2.45, 2.75) is 45.6 Å². The van der Waals surface area contributed by atoms with Crippen LogP contribution < -0.4 is 10.9 Å². The Morgan fingerprint density at radius 2 is 2.00 bits per heavy atom. The van der Waals surface area contributed by atoms with Crippen molar-refractivity contribution in [3.8, 4) is 0 Å². The molecule has 1 saturated heterocycles. The van der Waals surface area contributed by atoms with Gasteiger partial charge in [-0.3, -0.25) is 9.69 Å². The van der Waals surface area contributed by atoms with Crippen molar-refractivity contribution >= 4 is 21.4 Å². The zero-order valence-corrected chi connectivity index (χ0v) is 18.0. The maximum Gasteiger partial charge on any atom is 0.275 e. The molecule has 0 bridgehead atoms. The standard InChI is InChI=1S/C22H29N5OS/c1-3-7-18-14-20(28)27-22(24-18)29-21(25-27)23-15-19(17-8-5-4-6-9-17)26-12-10-16(2)11-13-26/h4-6,8-9,14,16,19H,3,7,10-13,15H2,1-2H3,(H,23,25). The lowest BCUT2D eigenvalue weighted by Gasteiger charge is -2.37. The minimum Gasteiger partial charge on any atom is -0.358 e. The van der Waals surface area contributed by atoms with E-state index in [9.17, 15) is 4.79 Å². The number of nitrogens with zero attached hydrogens (tertiary/aromatic N) is 4. The lowest BCUT2D eigenvalue weighted by atomic mass is 9.96. The van der Waals surface area contributed by atoms with E-state index in [1.165, 1.54) is 34.3 Å². The van der Waals surface area contributed by atoms with Crippen LogP contribution in [0.15, 0.2) is 41.2 Å². The predicted molar refractivity (Wildman–Crippen MR) is 119 cm³/mol. The first-order valence-corrected chi connectivity index (χ1v) is 11.4. The highest BCUT2D eigenvalue weighted by atomic mass is 32.1. The zero-order valence-electron chi connectivity index (χ0n) is 17.2. The van der Waals surface area contributed by atoms with Crippen LogP contribution in [0.4, 0.5) is 5.13 Å². The average Bonchev–Trinajstić information content (AvgIpc) is 3.14. The van der Waals surface area contributed by atoms with Gasteiger partial charge in [-0.05, 0) is 43.8 Å². The van der Waals surface area contributed by atoms with E-state index in [4.69, 9.17) is 0 Å². The van der Waals surface area contributed by atoms with Crippen molar-refractivity contribution < 1.29 is 0 Å². The predicted octanol–water partition coefficient (Wildman–Crippen LogP) is 3.99. The molecule has 7 heteroatoms. The van der Waals surface area contributed by atoms with Gasteiger partial charge < -0.3 is 5.32 Å². The third-order valence-electron chi connectivity index (χ3n) is 5.69. The molecule has 29 heavy (non-hydrogen) atoms. The van der Waals surface area contributed by atoms with Crippen LogP contribution in [0.25, 0.3) is 4.96 Å². The Balaban J connectivity index is 1.54. The van der Waals surface area contributed by atoms with Crippen LogP contribution in [-0.4, -0.2) is 39.1 Å². The summed E-state index contributed by atoms with van der Waals surface area (Å²) in [4.78, 5) is 20.2. The number of benzene rings is 1. The van der Waals surface area contributed by atoms with E-state index >= 15 is 0 Å². The van der Waals surface area contributed by atoms with Gasteiger partial charge in [0.15, 0.2) is 0 Å². The normalized spacial score (nSPS) is 16.9. The first-order chi connectivity index (χ1) is 14.1. The van der Waals surface area contributed by atoms with Gasteiger partial charge in [-0.1, -0.05) is 61.9 Å². The third kappa shape index (κ3) is 4.67. The molecule has 1 fully saturated rings. The lowest BCUT2D eigenvalue weighted by molar-refractivity contribution is 0.143. The number of hydrogen-bond acceptors (Lipinski definition) is 6. The monoisotopic (exact) mass is 411 g/mol. The van der Waals surface area contributed by atoms with Gasteiger partial charge in [0.25, 0.3) is 5.56 Å². The summed E-state index contributed by atoms with van der Waals surface area (Å²) in [7, 11) is 0. The van der Waals surface area contributed by atoms with Gasteiger partial charge >= 0.3 is 0 Å². The molecule has 6 nitrogen and oxygen atoms in total. The van der Waals surface area contributed by atoms with E-state index in [0.29, 0.717) is 4.96 Å². The summed E-state index contributed by atoms with van der Waals surface area (Å²) in [5.41, 5.74) is 2.06. The molecule has 1 aliphatic rings. The fraction of sp³-hybridized carbons (Fsp3) is 0.500. The molecule has 2 aromatic heterocycles. The molecule has 0 spiro atoms. The maximum absolute atomic E-state index is 12.4. The Bertz CT molecular complexity index is 991. The second kappa shape index (κ2) is 9.05. The molecule has 1 unspecified atom stereocenters. The SMILES string of the molecule is CCCc1cc(=O)n2nc(NCC(c3ccccc3)N3CCC(C)CC3)sc2n1. The molecule has 1 N–H and O–H groups in total. The molecule has 3 aromatic rings. The molecule has 3 heterocycles. The van der Waals surface area contributed by atoms with Crippen LogP contribution in [0, 0.1) is 5.92 Å². The van der Waals surface area contributed by atoms with Crippen molar-refractivity contribution in [3.63, 3.8) is 0 Å². The highest BCUT2D eigenvalue weighted by Gasteiger charge is 2.25. The smallest absolute Gasteiger partial charge is 0.275 e. The van der Waals surface area contributed by atoms with Crippen molar-refractivity contribution in [3.05, 3.63) is 58.0 Å². The molecular formula is C22H29N5OS. The van der Waals surface area contributed by atoms with E-state index in [2.05, 4.69) is 64.5 Å². The van der Waals surface area contributed by atoms with E-state index in [1.807, 2.05) is 0 Å². The van der Waals surface area contributed by atoms with Gasteiger partial charge in [0.05, 0.1) is 6.04 Å². The molecule has 0 radical (unpaired) electrons. The number of likely N-dealkylation sites (tertiary alicyclic amines) is 1. The van der Waals surface area contributed by atoms with Crippen LogP contribution in [0.2, 0.25) is 0 Å². The van der Waals surface area contributed by atoms with Gasteiger partial charge in [0.2, 0.25) is 10.1 Å². The Kier molecular flexibility index (Phi) is 6.25. The molecular weight excluding hydrogens is 382 g/mol. The van der Waals surface area contributed by atoms with Crippen LogP contribution in [0.1, 0.15) is 50.4 Å². The van der Waals surface area contributed by atoms with Gasteiger partial charge in [0, 0.05) is 18.3 Å². The Morgan fingerprint density at radius 1 is 1.24 bits per heavy atom. The summed E-state index contributed by atoms with van der Waals surface area (Å²) < 4.78 is 1.41.